The Morgan fingerprint density at radius 2 is 1.92 bits per heavy atom. The second kappa shape index (κ2) is 7.59. The number of carbonyl (C=O) groups is 1. The Labute approximate surface area is 148 Å². The molecule has 6 nitrogen and oxygen atoms in total. The van der Waals surface area contributed by atoms with E-state index < -0.39 is 0 Å². The Bertz CT molecular complexity index is 713. The van der Waals surface area contributed by atoms with Crippen LogP contribution in [-0.2, 0) is 11.2 Å². The van der Waals surface area contributed by atoms with Crippen LogP contribution in [0.2, 0.25) is 0 Å². The van der Waals surface area contributed by atoms with Crippen molar-refractivity contribution >= 4 is 11.6 Å². The maximum atomic E-state index is 12.5. The molecule has 1 N–H and O–H groups in total. The van der Waals surface area contributed by atoms with Crippen LogP contribution >= 0.6 is 0 Å². The van der Waals surface area contributed by atoms with E-state index in [1.165, 1.54) is 5.56 Å². The van der Waals surface area contributed by atoms with Crippen LogP contribution in [0.25, 0.3) is 0 Å². The monoisotopic (exact) mass is 342 g/mol. The molecule has 1 aliphatic heterocycles. The first-order valence-electron chi connectivity index (χ1n) is 8.76. The molecule has 25 heavy (non-hydrogen) atoms. The summed E-state index contributed by atoms with van der Waals surface area (Å²) in [6.45, 7) is 7.15. The largest absolute Gasteiger partial charge is 0.495 e. The van der Waals surface area contributed by atoms with Crippen LogP contribution in [-0.4, -0.2) is 54.3 Å². The predicted molar refractivity (Wildman–Crippen MR) is 98.2 cm³/mol. The van der Waals surface area contributed by atoms with Crippen molar-refractivity contribution in [1.29, 1.82) is 0 Å². The number of hydrogen-bond donors (Lipinski definition) is 1. The van der Waals surface area contributed by atoms with Gasteiger partial charge in [-0.2, -0.15) is 5.10 Å². The Morgan fingerprint density at radius 3 is 2.56 bits per heavy atom. The van der Waals surface area contributed by atoms with Crippen LogP contribution in [0.3, 0.4) is 0 Å². The second-order valence-corrected chi connectivity index (χ2v) is 6.45. The van der Waals surface area contributed by atoms with Crippen molar-refractivity contribution in [1.82, 2.24) is 15.1 Å². The molecule has 3 rings (SSSR count). The van der Waals surface area contributed by atoms with Crippen molar-refractivity contribution in [3.8, 4) is 5.75 Å². The number of ether oxygens (including phenoxy) is 1. The van der Waals surface area contributed by atoms with Crippen molar-refractivity contribution < 1.29 is 9.53 Å². The highest BCUT2D eigenvalue weighted by Crippen LogP contribution is 2.28. The highest BCUT2D eigenvalue weighted by molar-refractivity contribution is 5.77. The van der Waals surface area contributed by atoms with E-state index in [1.54, 1.807) is 7.11 Å². The lowest BCUT2D eigenvalue weighted by atomic mass is 10.1. The number of H-pyrrole nitrogens is 1. The number of rotatable bonds is 5. The number of anilines is 1. The molecule has 1 fully saturated rings. The first-order chi connectivity index (χ1) is 12.1. The average molecular weight is 342 g/mol. The number of methoxy groups -OCH3 is 1. The van der Waals surface area contributed by atoms with Crippen LogP contribution in [0.1, 0.15) is 23.4 Å². The zero-order chi connectivity index (χ0) is 17.8. The van der Waals surface area contributed by atoms with Crippen molar-refractivity contribution in [2.45, 2.75) is 26.7 Å². The summed E-state index contributed by atoms with van der Waals surface area (Å²) in [6.07, 6.45) is 1.29. The van der Waals surface area contributed by atoms with E-state index in [2.05, 4.69) is 21.2 Å². The molecule has 2 heterocycles. The second-order valence-electron chi connectivity index (χ2n) is 6.45. The quantitative estimate of drug-likeness (QED) is 0.906. The fourth-order valence-electron chi connectivity index (χ4n) is 3.42. The van der Waals surface area contributed by atoms with Gasteiger partial charge in [0.25, 0.3) is 0 Å². The molecule has 2 aromatic rings. The zero-order valence-corrected chi connectivity index (χ0v) is 15.2. The van der Waals surface area contributed by atoms with Crippen molar-refractivity contribution in [2.75, 3.05) is 38.2 Å². The molecule has 1 saturated heterocycles. The smallest absolute Gasteiger partial charge is 0.223 e. The van der Waals surface area contributed by atoms with E-state index in [4.69, 9.17) is 4.74 Å². The number of carbonyl (C=O) groups excluding carboxylic acids is 1. The Hall–Kier alpha value is -2.50. The van der Waals surface area contributed by atoms with E-state index in [9.17, 15) is 4.79 Å². The third-order valence-electron chi connectivity index (χ3n) is 4.93. The van der Waals surface area contributed by atoms with E-state index in [0.29, 0.717) is 6.42 Å². The lowest BCUT2D eigenvalue weighted by Gasteiger charge is -2.36. The van der Waals surface area contributed by atoms with Crippen LogP contribution in [0.4, 0.5) is 5.69 Å². The maximum absolute atomic E-state index is 12.5. The van der Waals surface area contributed by atoms with Gasteiger partial charge in [-0.3, -0.25) is 9.89 Å². The molecule has 0 unspecified atom stereocenters. The lowest BCUT2D eigenvalue weighted by Crippen LogP contribution is -2.49. The number of nitrogens with zero attached hydrogens (tertiary/aromatic N) is 3. The standard InChI is InChI=1S/C19H26N4O2/c1-14-16(15(2)21-20-14)8-9-19(24)23-12-10-22(11-13-23)17-6-4-5-7-18(17)25-3/h4-7H,8-13H2,1-3H3,(H,20,21). The minimum Gasteiger partial charge on any atom is -0.495 e. The SMILES string of the molecule is COc1ccccc1N1CCN(C(=O)CCc2c(C)n[nH]c2C)CC1. The normalized spacial score (nSPS) is 14.7. The molecule has 0 saturated carbocycles. The molecule has 6 heteroatoms. The summed E-state index contributed by atoms with van der Waals surface area (Å²) in [4.78, 5) is 16.8. The minimum absolute atomic E-state index is 0.222. The molecular formula is C19H26N4O2. The minimum atomic E-state index is 0.222. The number of piperazine rings is 1. The Kier molecular flexibility index (Phi) is 5.26. The molecule has 0 atom stereocenters. The van der Waals surface area contributed by atoms with Gasteiger partial charge in [-0.25, -0.2) is 0 Å². The third kappa shape index (κ3) is 3.78. The van der Waals surface area contributed by atoms with E-state index in [-0.39, 0.29) is 5.91 Å². The van der Waals surface area contributed by atoms with Crippen LogP contribution in [0, 0.1) is 13.8 Å². The van der Waals surface area contributed by atoms with Crippen molar-refractivity contribution in [2.24, 2.45) is 0 Å². The molecule has 1 aromatic carbocycles. The van der Waals surface area contributed by atoms with Crippen LogP contribution < -0.4 is 9.64 Å². The van der Waals surface area contributed by atoms with Gasteiger partial charge in [-0.1, -0.05) is 12.1 Å². The summed E-state index contributed by atoms with van der Waals surface area (Å²) in [6, 6.07) is 8.04. The van der Waals surface area contributed by atoms with Gasteiger partial charge in [-0.15, -0.1) is 0 Å². The first-order valence-corrected chi connectivity index (χ1v) is 8.76. The number of amides is 1. The van der Waals surface area contributed by atoms with Gasteiger partial charge >= 0.3 is 0 Å². The highest BCUT2D eigenvalue weighted by atomic mass is 16.5. The van der Waals surface area contributed by atoms with Gasteiger partial charge in [0.2, 0.25) is 5.91 Å². The summed E-state index contributed by atoms with van der Waals surface area (Å²) in [5.74, 6) is 1.10. The number of aryl methyl sites for hydroxylation is 2. The Balaban J connectivity index is 1.54. The van der Waals surface area contributed by atoms with Crippen molar-refractivity contribution in [3.05, 3.63) is 41.2 Å². The van der Waals surface area contributed by atoms with Gasteiger partial charge in [0.15, 0.2) is 0 Å². The summed E-state index contributed by atoms with van der Waals surface area (Å²) >= 11 is 0. The molecule has 1 aromatic heterocycles. The average Bonchev–Trinajstić information content (AvgIpc) is 2.97. The van der Waals surface area contributed by atoms with Gasteiger partial charge in [-0.05, 0) is 38.0 Å². The number of benzene rings is 1. The highest BCUT2D eigenvalue weighted by Gasteiger charge is 2.23. The Morgan fingerprint density at radius 1 is 1.20 bits per heavy atom. The van der Waals surface area contributed by atoms with Gasteiger partial charge in [0.1, 0.15) is 5.75 Å². The van der Waals surface area contributed by atoms with Crippen LogP contribution in [0.15, 0.2) is 24.3 Å². The van der Waals surface area contributed by atoms with E-state index in [0.717, 1.165) is 55.4 Å². The fraction of sp³-hybridized carbons (Fsp3) is 0.474. The van der Waals surface area contributed by atoms with E-state index >= 15 is 0 Å². The van der Waals surface area contributed by atoms with Gasteiger partial charge in [0.05, 0.1) is 18.5 Å². The topological polar surface area (TPSA) is 61.5 Å². The number of hydrogen-bond acceptors (Lipinski definition) is 4. The molecule has 1 aliphatic rings. The maximum Gasteiger partial charge on any atom is 0.223 e. The lowest BCUT2D eigenvalue weighted by molar-refractivity contribution is -0.131. The molecule has 134 valence electrons. The third-order valence-corrected chi connectivity index (χ3v) is 4.93. The van der Waals surface area contributed by atoms with Crippen molar-refractivity contribution in [3.63, 3.8) is 0 Å². The molecule has 0 aliphatic carbocycles. The first kappa shape index (κ1) is 17.3. The summed E-state index contributed by atoms with van der Waals surface area (Å²) in [5, 5.41) is 7.18. The van der Waals surface area contributed by atoms with Crippen LogP contribution in [0.5, 0.6) is 5.75 Å². The number of aromatic nitrogens is 2. The molecule has 0 bridgehead atoms. The molecule has 0 radical (unpaired) electrons. The fourth-order valence-corrected chi connectivity index (χ4v) is 3.42. The van der Waals surface area contributed by atoms with Gasteiger partial charge < -0.3 is 14.5 Å². The molecular weight excluding hydrogens is 316 g/mol. The molecule has 0 spiro atoms. The van der Waals surface area contributed by atoms with Gasteiger partial charge in [0, 0.05) is 38.3 Å². The number of para-hydroxylation sites is 2. The molecule has 1 amide bonds. The van der Waals surface area contributed by atoms with E-state index in [1.807, 2.05) is 36.9 Å². The number of nitrogens with one attached hydrogen (secondary N) is 1. The summed E-state index contributed by atoms with van der Waals surface area (Å²) in [7, 11) is 1.69. The zero-order valence-electron chi connectivity index (χ0n) is 15.2. The summed E-state index contributed by atoms with van der Waals surface area (Å²) < 4.78 is 5.44. The summed E-state index contributed by atoms with van der Waals surface area (Å²) in [5.41, 5.74) is 4.32. The number of aromatic amines is 1. The predicted octanol–water partition coefficient (Wildman–Crippen LogP) is 2.32.